The molecule has 2 saturated heterocycles. The number of rotatable bonds is 34. The first kappa shape index (κ1) is 110. The maximum absolute atomic E-state index is 14.0. The summed E-state index contributed by atoms with van der Waals surface area (Å²) in [5, 5.41) is 115. The molecule has 712 valence electrons. The summed E-state index contributed by atoms with van der Waals surface area (Å²) in [7, 11) is 0. The van der Waals surface area contributed by atoms with E-state index in [9.17, 15) is 108 Å². The van der Waals surface area contributed by atoms with Gasteiger partial charge in [-0.3, -0.25) is 38.6 Å². The van der Waals surface area contributed by atoms with Crippen molar-refractivity contribution in [1.29, 1.82) is 0 Å². The van der Waals surface area contributed by atoms with Crippen LogP contribution < -0.4 is 53.2 Å². The van der Waals surface area contributed by atoms with E-state index >= 15 is 0 Å². The van der Waals surface area contributed by atoms with E-state index in [0.29, 0.717) is 89.9 Å². The summed E-state index contributed by atoms with van der Waals surface area (Å²) in [6.07, 6.45) is 1.12. The Balaban J connectivity index is 0.000000209. The average molecular weight is 1970 g/mol. The van der Waals surface area contributed by atoms with Gasteiger partial charge in [-0.2, -0.15) is 0 Å². The van der Waals surface area contributed by atoms with E-state index in [4.69, 9.17) is 11.5 Å². The van der Waals surface area contributed by atoms with Crippen molar-refractivity contribution < 1.29 is 108 Å². The fourth-order valence-electron chi connectivity index (χ4n) is 16.5. The van der Waals surface area contributed by atoms with Gasteiger partial charge in [0.15, 0.2) is 0 Å². The number of nitrogens with one attached hydrogen (secondary N) is 4. The first-order valence-corrected chi connectivity index (χ1v) is 45.8. The number of aromatic nitrogens is 2. The van der Waals surface area contributed by atoms with Crippen molar-refractivity contribution in [1.82, 2.24) is 29.6 Å². The third-order valence-corrected chi connectivity index (χ3v) is 25.2. The van der Waals surface area contributed by atoms with Gasteiger partial charge in [0.2, 0.25) is 11.8 Å². The van der Waals surface area contributed by atoms with Crippen molar-refractivity contribution >= 4 is 170 Å². The number of nitrogens with two attached hydrogens (primary N) is 2. The molecule has 36 heteroatoms. The standard InChI is InChI=1S/2C33H35FN2O5.2C18H19N3O5S.2Ca/c2*1-21(2)31-30(33(41)35-25-11-7-4-8-12-25)29(22-9-5-3-6-10-22)32(23-13-15-24(34)16-14-23)36(31)18-17-26(37)19-27(38)20-28(39)40;2*1-2-3-10-8-27-17-13(16(24)21(17)14(10)18(25)26)20-15(23)12(19)9-4-6-11(22)7-5-9;;/h2*3-16,21,26-27,37-38H,17-20H2,1-2H3,(H,35,41)(H,39,40);2*2-7,12-13,17,22H,8,19H2,1H3,(H,20,23)(H,25,26);;/q;;;;2*+2/p-4/t2*26-,27-;2*12-,13-,17+;;/m1111../s1. The van der Waals surface area contributed by atoms with Gasteiger partial charge in [-0.25, -0.2) is 8.78 Å². The number of hydrogen-bond donors (Lipinski definition) is 12. The van der Waals surface area contributed by atoms with Gasteiger partial charge in [-0.1, -0.05) is 173 Å². The number of allylic oxidation sites excluding steroid dienone is 4. The number of phenolic OH excluding ortho intramolecular Hbond substituents is 2. The number of aliphatic hydroxyl groups is 4. The molecule has 0 saturated carbocycles. The summed E-state index contributed by atoms with van der Waals surface area (Å²) < 4.78 is 32.0. The molecule has 0 aliphatic carbocycles. The summed E-state index contributed by atoms with van der Waals surface area (Å²) in [6.45, 7) is 12.0. The maximum atomic E-state index is 14.0. The number of halogens is 2. The fraction of sp³-hybridized carbons (Fsp3) is 0.275. The third-order valence-electron chi connectivity index (χ3n) is 22.6. The Morgan fingerprint density at radius 3 is 1.05 bits per heavy atom. The van der Waals surface area contributed by atoms with Crippen molar-refractivity contribution in [2.45, 2.75) is 164 Å². The van der Waals surface area contributed by atoms with Crippen LogP contribution in [0.1, 0.15) is 147 Å². The smallest absolute Gasteiger partial charge is 0.550 e. The van der Waals surface area contributed by atoms with E-state index in [0.717, 1.165) is 32.3 Å². The predicted molar refractivity (Wildman–Crippen MR) is 515 cm³/mol. The van der Waals surface area contributed by atoms with Crippen LogP contribution in [0.5, 0.6) is 11.5 Å². The van der Waals surface area contributed by atoms with Crippen LogP contribution in [0.25, 0.3) is 44.8 Å². The molecular weight excluding hydrogens is 1870 g/mol. The number of thioether (sulfide) groups is 2. The Kier molecular flexibility index (Phi) is 41.0. The number of nitrogens with zero attached hydrogens (tertiary/aromatic N) is 4. The van der Waals surface area contributed by atoms with Gasteiger partial charge in [0, 0.05) is 83.3 Å². The van der Waals surface area contributed by atoms with Crippen LogP contribution in [-0.4, -0.2) is 243 Å². The maximum Gasteiger partial charge on any atom is 2.00 e. The van der Waals surface area contributed by atoms with Gasteiger partial charge in [0.25, 0.3) is 23.6 Å². The number of fused-ring (bicyclic) bond motifs is 2. The van der Waals surface area contributed by atoms with Crippen LogP contribution in [0.2, 0.25) is 0 Å². The second-order valence-corrected chi connectivity index (χ2v) is 35.2. The number of aliphatic carboxylic acids is 4. The molecule has 10 atom stereocenters. The zero-order valence-corrected chi connectivity index (χ0v) is 82.5. The molecule has 14 N–H and O–H groups in total. The van der Waals surface area contributed by atoms with E-state index in [1.807, 2.05) is 134 Å². The molecule has 30 nitrogen and oxygen atoms in total. The molecule has 2 aromatic heterocycles. The molecule has 0 bridgehead atoms. The van der Waals surface area contributed by atoms with Crippen LogP contribution in [0, 0.1) is 11.6 Å². The predicted octanol–water partition coefficient (Wildman–Crippen LogP) is 7.94. The number of carboxylic acid groups (broad SMARTS) is 4. The zero-order chi connectivity index (χ0) is 98.5. The average Bonchev–Trinajstić information content (AvgIpc) is 1.51. The number of aliphatic hydroxyl groups excluding tert-OH is 4. The van der Waals surface area contributed by atoms with Gasteiger partial charge < -0.3 is 112 Å². The van der Waals surface area contributed by atoms with Crippen molar-refractivity contribution in [3.8, 4) is 56.3 Å². The molecule has 6 amide bonds. The Hall–Kier alpha value is -11.6. The first-order valence-electron chi connectivity index (χ1n) is 43.7. The van der Waals surface area contributed by atoms with Crippen molar-refractivity contribution in [2.75, 3.05) is 22.1 Å². The minimum atomic E-state index is -1.42. The number of para-hydroxylation sites is 2. The molecule has 2 fully saturated rings. The quantitative estimate of drug-likeness (QED) is 0.0134. The Bertz CT molecular complexity index is 5730. The van der Waals surface area contributed by atoms with E-state index < -0.39 is 131 Å². The molecule has 4 aliphatic heterocycles. The second kappa shape index (κ2) is 51.4. The van der Waals surface area contributed by atoms with E-state index in [2.05, 4.69) is 21.3 Å². The number of β-lactam (4-membered cyclic amide) rings is 2. The largest absolute Gasteiger partial charge is 2.00 e. The Morgan fingerprint density at radius 1 is 0.449 bits per heavy atom. The number of carboxylic acids is 4. The number of benzene rings is 8. The zero-order valence-electron chi connectivity index (χ0n) is 76.4. The molecule has 4 aliphatic rings. The number of hydrogen-bond acceptors (Lipinski definition) is 24. The van der Waals surface area contributed by atoms with Gasteiger partial charge in [0.05, 0.1) is 70.3 Å². The minimum Gasteiger partial charge on any atom is -0.550 e. The fourth-order valence-corrected chi connectivity index (χ4v) is 19.1. The van der Waals surface area contributed by atoms with E-state index in [1.165, 1.54) is 96.3 Å². The van der Waals surface area contributed by atoms with Crippen molar-refractivity contribution in [3.05, 3.63) is 311 Å². The molecule has 8 aromatic carbocycles. The number of anilines is 2. The van der Waals surface area contributed by atoms with Gasteiger partial charge in [-0.15, -0.1) is 23.5 Å². The van der Waals surface area contributed by atoms with Crippen molar-refractivity contribution in [3.63, 3.8) is 0 Å². The van der Waals surface area contributed by atoms with Crippen LogP contribution in [0.4, 0.5) is 20.2 Å². The molecule has 10 aromatic rings. The van der Waals surface area contributed by atoms with Crippen molar-refractivity contribution in [2.24, 2.45) is 11.5 Å². The number of amides is 6. The van der Waals surface area contributed by atoms with Gasteiger partial charge in [-0.05, 0) is 193 Å². The summed E-state index contributed by atoms with van der Waals surface area (Å²) in [5.74, 6) is -8.53. The van der Waals surface area contributed by atoms with Crippen LogP contribution in [0.3, 0.4) is 0 Å². The van der Waals surface area contributed by atoms with Crippen LogP contribution in [0.15, 0.2) is 265 Å². The SMILES string of the molecule is CC(C)c1c(C(=O)Nc2ccccc2)c(-c2ccccc2)c(-c2ccc(F)cc2)n1CC[C@@H](O)C[C@@H](O)CC(=O)[O-].CC(C)c1c(C(=O)Nc2ccccc2)c(-c2ccccc2)c(-c2ccc(F)cc2)n1CC[C@@H](O)C[C@@H](O)CC(=O)[O-].CC=CC1=C(C(=O)[O-])N2C(=O)[C@@H](NC(=O)[C@H](N)c3ccc(O)cc3)[C@@H]2SC1.CC=CC1=C(C(=O)[O-])N2C(=O)[C@@H](NC(=O)[C@H](N)c3ccc(O)cc3)[C@@H]2SC1.[Ca+2].[Ca+2]. The third kappa shape index (κ3) is 27.5. The number of aromatic hydroxyl groups is 2. The monoisotopic (exact) mass is 1970 g/mol. The molecule has 0 spiro atoms. The molecular formula is C102H104Ca2F2N10O20S2. The number of carbonyl (C=O) groups is 10. The molecule has 14 rings (SSSR count). The number of carbonyl (C=O) groups excluding carboxylic acids is 10. The Labute approximate surface area is 864 Å². The first-order chi connectivity index (χ1) is 65.0. The minimum absolute atomic E-state index is 0. The normalized spacial score (nSPS) is 16.6. The van der Waals surface area contributed by atoms with Crippen LogP contribution in [-0.2, 0) is 51.4 Å². The van der Waals surface area contributed by atoms with E-state index in [1.54, 1.807) is 86.7 Å². The van der Waals surface area contributed by atoms with Crippen LogP contribution >= 0.6 is 23.5 Å². The van der Waals surface area contributed by atoms with E-state index in [-0.39, 0.29) is 161 Å². The number of phenols is 2. The summed E-state index contributed by atoms with van der Waals surface area (Å²) in [4.78, 5) is 125. The second-order valence-electron chi connectivity index (χ2n) is 33.0. The molecule has 138 heavy (non-hydrogen) atoms. The van der Waals surface area contributed by atoms with Gasteiger partial charge >= 0.3 is 75.5 Å². The topological polar surface area (TPSA) is 501 Å². The molecule has 0 radical (unpaired) electrons. The summed E-state index contributed by atoms with van der Waals surface area (Å²) in [5.41, 5.74) is 22.9. The Morgan fingerprint density at radius 2 is 0.761 bits per heavy atom. The summed E-state index contributed by atoms with van der Waals surface area (Å²) in [6, 6.07) is 57.4. The van der Waals surface area contributed by atoms with Gasteiger partial charge in [0.1, 0.15) is 58.0 Å². The summed E-state index contributed by atoms with van der Waals surface area (Å²) >= 11 is 2.72. The molecule has 0 unspecified atom stereocenters. The molecule has 6 heterocycles.